The molecule has 7 atom stereocenters. The summed E-state index contributed by atoms with van der Waals surface area (Å²) in [6, 6.07) is 15.9. The van der Waals surface area contributed by atoms with Crippen molar-refractivity contribution in [3.63, 3.8) is 0 Å². The van der Waals surface area contributed by atoms with Gasteiger partial charge in [-0.05, 0) is 78.5 Å². The monoisotopic (exact) mass is 920 g/mol. The average Bonchev–Trinajstić information content (AvgIpc) is 3.99. The number of aromatic nitrogens is 1. The number of nitrogens with one attached hydrogen (secondary N) is 3. The molecule has 17 heteroatoms. The molecule has 4 heterocycles. The van der Waals surface area contributed by atoms with Crippen LogP contribution in [0.25, 0.3) is 10.4 Å². The van der Waals surface area contributed by atoms with E-state index < -0.39 is 71.3 Å². The second kappa shape index (κ2) is 20.1. The van der Waals surface area contributed by atoms with Gasteiger partial charge in [-0.2, -0.15) is 0 Å². The highest BCUT2D eigenvalue weighted by Gasteiger charge is 2.45. The summed E-state index contributed by atoms with van der Waals surface area (Å²) in [5, 5.41) is 19.6. The maximum Gasteiger partial charge on any atom is 0.246 e. The van der Waals surface area contributed by atoms with Crippen LogP contribution in [0.2, 0.25) is 0 Å². The first-order chi connectivity index (χ1) is 31.4. The molecule has 6 amide bonds. The van der Waals surface area contributed by atoms with Gasteiger partial charge in [0.1, 0.15) is 30.5 Å². The number of benzene rings is 3. The number of nitrogens with zero attached hydrogens (tertiary/aromatic N) is 3. The molecule has 0 unspecified atom stereocenters. The molecule has 350 valence electrons. The van der Waals surface area contributed by atoms with E-state index in [0.29, 0.717) is 30.6 Å². The van der Waals surface area contributed by atoms with E-state index in [1.807, 2.05) is 77.1 Å². The van der Waals surface area contributed by atoms with Crippen molar-refractivity contribution in [1.29, 1.82) is 0 Å². The number of aliphatic hydroxyl groups excluding tert-OH is 1. The number of β-amino-alcohol motifs (C(OH)–C–C–N with tert-alkyl or cyclic N) is 1. The van der Waals surface area contributed by atoms with Crippen LogP contribution < -0.4 is 37.1 Å². The van der Waals surface area contributed by atoms with E-state index in [4.69, 9.17) is 16.2 Å². The van der Waals surface area contributed by atoms with E-state index in [1.54, 1.807) is 41.1 Å². The minimum Gasteiger partial charge on any atom is -0.491 e. The number of primary amides is 1. The normalized spacial score (nSPS) is 20.4. The van der Waals surface area contributed by atoms with Crippen molar-refractivity contribution >= 4 is 52.5 Å². The van der Waals surface area contributed by atoms with Gasteiger partial charge in [0.25, 0.3) is 0 Å². The van der Waals surface area contributed by atoms with Crippen molar-refractivity contribution in [2.75, 3.05) is 18.1 Å². The Morgan fingerprint density at radius 3 is 2.38 bits per heavy atom. The minimum atomic E-state index is -1.03. The van der Waals surface area contributed by atoms with Gasteiger partial charge < -0.3 is 42.2 Å². The number of ether oxygens (including phenoxy) is 1. The molecule has 0 aliphatic carbocycles. The van der Waals surface area contributed by atoms with Crippen LogP contribution in [0, 0.1) is 12.3 Å². The molecule has 1 aromatic heterocycles. The zero-order chi connectivity index (χ0) is 47.4. The number of aryl methyl sites for hydroxylation is 2. The summed E-state index contributed by atoms with van der Waals surface area (Å²) in [6.07, 6.45) is 0.611. The number of thiazole rings is 1. The van der Waals surface area contributed by atoms with Crippen LogP contribution >= 0.6 is 11.3 Å². The van der Waals surface area contributed by atoms with Gasteiger partial charge in [-0.25, -0.2) is 4.98 Å². The number of hydrogen-bond acceptors (Lipinski definition) is 11. The molecule has 3 aromatic carbocycles. The third kappa shape index (κ3) is 10.9. The number of rotatable bonds is 16. The van der Waals surface area contributed by atoms with Crippen LogP contribution in [0.1, 0.15) is 87.4 Å². The molecule has 66 heavy (non-hydrogen) atoms. The van der Waals surface area contributed by atoms with E-state index in [1.165, 1.54) is 9.80 Å². The summed E-state index contributed by atoms with van der Waals surface area (Å²) in [5.74, 6) is -2.18. The molecule has 0 bridgehead atoms. The van der Waals surface area contributed by atoms with Gasteiger partial charge >= 0.3 is 0 Å². The smallest absolute Gasteiger partial charge is 0.246 e. The Morgan fingerprint density at radius 2 is 1.68 bits per heavy atom. The first-order valence-electron chi connectivity index (χ1n) is 22.5. The first-order valence-corrected chi connectivity index (χ1v) is 23.3. The maximum absolute atomic E-state index is 14.3. The van der Waals surface area contributed by atoms with E-state index in [-0.39, 0.29) is 50.8 Å². The zero-order valence-corrected chi connectivity index (χ0v) is 38.9. The van der Waals surface area contributed by atoms with Gasteiger partial charge in [-0.3, -0.25) is 33.7 Å². The Labute approximate surface area is 388 Å². The number of amides is 6. The SMILES string of the molecule is Cc1ncsc1-c1ccc([C@H](C)NC(=O)[C@@H]2C[C@@H](O)CN2C(=O)[C@@H](NC(=O)Cc2cccc(OC[C@H](CCC(N)=O)NC(=O)[C@@H]3Cc4cccc5c4N3C(=O)[C@@H](N)CC5)c2)C(C)(C)C)cc1. The number of para-hydroxylation sites is 1. The minimum absolute atomic E-state index is 0.0190. The molecule has 7 rings (SSSR count). The van der Waals surface area contributed by atoms with Gasteiger partial charge in [0.05, 0.1) is 52.4 Å². The molecule has 3 aliphatic heterocycles. The molecular weight excluding hydrogens is 861 g/mol. The Kier molecular flexibility index (Phi) is 14.6. The van der Waals surface area contributed by atoms with Crippen molar-refractivity contribution in [3.05, 3.63) is 100 Å². The molecule has 0 radical (unpaired) electrons. The van der Waals surface area contributed by atoms with Crippen molar-refractivity contribution in [3.8, 4) is 16.2 Å². The number of aliphatic hydroxyl groups is 1. The number of carbonyl (C=O) groups excluding carboxylic acids is 6. The summed E-state index contributed by atoms with van der Waals surface area (Å²) in [6.45, 7) is 9.19. The quantitative estimate of drug-likeness (QED) is 0.0958. The molecule has 3 aliphatic rings. The molecule has 8 N–H and O–H groups in total. The van der Waals surface area contributed by atoms with E-state index in [2.05, 4.69) is 20.9 Å². The summed E-state index contributed by atoms with van der Waals surface area (Å²) in [4.78, 5) is 89.2. The van der Waals surface area contributed by atoms with Gasteiger partial charge in [0, 0.05) is 25.8 Å². The van der Waals surface area contributed by atoms with Crippen molar-refractivity contribution in [2.45, 2.75) is 122 Å². The van der Waals surface area contributed by atoms with Crippen molar-refractivity contribution in [2.24, 2.45) is 16.9 Å². The highest BCUT2D eigenvalue weighted by molar-refractivity contribution is 7.13. The van der Waals surface area contributed by atoms with Crippen molar-refractivity contribution in [1.82, 2.24) is 25.8 Å². The number of hydrogen-bond donors (Lipinski definition) is 6. The van der Waals surface area contributed by atoms with E-state index in [0.717, 1.165) is 38.5 Å². The summed E-state index contributed by atoms with van der Waals surface area (Å²) in [7, 11) is 0. The largest absolute Gasteiger partial charge is 0.491 e. The lowest BCUT2D eigenvalue weighted by Crippen LogP contribution is -2.58. The van der Waals surface area contributed by atoms with Crippen LogP contribution in [0.3, 0.4) is 0 Å². The molecule has 16 nitrogen and oxygen atoms in total. The molecule has 0 spiro atoms. The summed E-state index contributed by atoms with van der Waals surface area (Å²) < 4.78 is 6.13. The lowest BCUT2D eigenvalue weighted by molar-refractivity contribution is -0.144. The number of nitrogens with two attached hydrogens (primary N) is 2. The van der Waals surface area contributed by atoms with Crippen LogP contribution in [0.5, 0.6) is 5.75 Å². The van der Waals surface area contributed by atoms with Crippen LogP contribution in [0.15, 0.2) is 72.2 Å². The molecule has 1 saturated heterocycles. The Hall–Kier alpha value is -6.17. The third-order valence-electron chi connectivity index (χ3n) is 12.6. The second-order valence-corrected chi connectivity index (χ2v) is 19.6. The standard InChI is InChI=1S/C49H60N8O8S/c1-27(30-12-14-32(15-13-30)43-28(2)52-26-66-43)53-45(61)38-23-35(58)24-56(38)48(64)44(49(3,4)5)55-41(60)21-29-8-6-11-36(20-29)65-25-34(17-19-40(51)59)54-46(62)39-22-33-10-7-9-31-16-18-37(50)47(63)57(39)42(31)33/h6-15,20,26-27,34-35,37-39,44,58H,16-19,21-25,50H2,1-5H3,(H2,51,59)(H,53,61)(H,54,62)(H,55,60)/t27-,34-,35+,37-,38-,39-,44+/m0/s1. The van der Waals surface area contributed by atoms with Gasteiger partial charge in [0.15, 0.2) is 0 Å². The lowest BCUT2D eigenvalue weighted by atomic mass is 9.85. The fraction of sp³-hybridized carbons (Fsp3) is 0.449. The number of carbonyl (C=O) groups is 6. The van der Waals surface area contributed by atoms with E-state index >= 15 is 0 Å². The average molecular weight is 921 g/mol. The first kappa shape index (κ1) is 47.8. The zero-order valence-electron chi connectivity index (χ0n) is 38.0. The number of likely N-dealkylation sites (tertiary alicyclic amines) is 1. The third-order valence-corrected chi connectivity index (χ3v) is 13.6. The predicted molar refractivity (Wildman–Crippen MR) is 250 cm³/mol. The predicted octanol–water partition coefficient (Wildman–Crippen LogP) is 3.39. The van der Waals surface area contributed by atoms with Crippen LogP contribution in [-0.4, -0.2) is 99.9 Å². The maximum atomic E-state index is 14.3. The molecule has 0 saturated carbocycles. The topological polar surface area (TPSA) is 239 Å². The lowest BCUT2D eigenvalue weighted by Gasteiger charge is -2.35. The Bertz CT molecular complexity index is 2470. The van der Waals surface area contributed by atoms with Crippen LogP contribution in [-0.2, 0) is 48.0 Å². The van der Waals surface area contributed by atoms with Crippen molar-refractivity contribution < 1.29 is 38.6 Å². The summed E-state index contributed by atoms with van der Waals surface area (Å²) >= 11 is 1.56. The Morgan fingerprint density at radius 1 is 0.970 bits per heavy atom. The molecule has 1 fully saturated rings. The van der Waals surface area contributed by atoms with Gasteiger partial charge in [-0.15, -0.1) is 11.3 Å². The summed E-state index contributed by atoms with van der Waals surface area (Å²) in [5.41, 5.74) is 18.8. The van der Waals surface area contributed by atoms with E-state index in [9.17, 15) is 33.9 Å². The molecule has 4 aromatic rings. The van der Waals surface area contributed by atoms with Crippen LogP contribution in [0.4, 0.5) is 5.69 Å². The van der Waals surface area contributed by atoms with Gasteiger partial charge in [0.2, 0.25) is 35.4 Å². The molecular formula is C49H60N8O8S. The highest BCUT2D eigenvalue weighted by Crippen LogP contribution is 2.39. The fourth-order valence-corrected chi connectivity index (χ4v) is 9.84. The highest BCUT2D eigenvalue weighted by atomic mass is 32.1. The number of anilines is 1. The van der Waals surface area contributed by atoms with Gasteiger partial charge in [-0.1, -0.05) is 75.4 Å². The Balaban J connectivity index is 0.968. The second-order valence-electron chi connectivity index (χ2n) is 18.7. The fourth-order valence-electron chi connectivity index (χ4n) is 9.03.